The molecule has 19 heavy (non-hydrogen) atoms. The lowest BCUT2D eigenvalue weighted by Gasteiger charge is -2.27. The fourth-order valence-corrected chi connectivity index (χ4v) is 2.04. The summed E-state index contributed by atoms with van der Waals surface area (Å²) in [4.78, 5) is 8.43. The van der Waals surface area contributed by atoms with Crippen molar-refractivity contribution in [3.05, 3.63) is 60.2 Å². The molecule has 0 spiro atoms. The summed E-state index contributed by atoms with van der Waals surface area (Å²) >= 11 is 0. The van der Waals surface area contributed by atoms with E-state index in [4.69, 9.17) is 0 Å². The molecule has 1 aromatic heterocycles. The second-order valence-electron chi connectivity index (χ2n) is 5.48. The lowest BCUT2D eigenvalue weighted by atomic mass is 9.84. The Morgan fingerprint density at radius 2 is 1.89 bits per heavy atom. The second-order valence-corrected chi connectivity index (χ2v) is 5.48. The molecule has 1 aromatic carbocycles. The predicted molar refractivity (Wildman–Crippen MR) is 77.9 cm³/mol. The van der Waals surface area contributed by atoms with Crippen molar-refractivity contribution in [3.63, 3.8) is 0 Å². The van der Waals surface area contributed by atoms with E-state index in [0.29, 0.717) is 0 Å². The van der Waals surface area contributed by atoms with Gasteiger partial charge in [-0.15, -0.1) is 0 Å². The molecule has 100 valence electrons. The molecule has 1 atom stereocenters. The summed E-state index contributed by atoms with van der Waals surface area (Å²) in [5.41, 5.74) is 2.41. The molecule has 0 aliphatic carbocycles. The maximum absolute atomic E-state index is 4.33. The molecule has 1 N–H and O–H groups in total. The monoisotopic (exact) mass is 255 g/mol. The molecular weight excluding hydrogens is 234 g/mol. The third-order valence-corrected chi connectivity index (χ3v) is 3.43. The normalized spacial score (nSPS) is 13.2. The highest BCUT2D eigenvalue weighted by Gasteiger charge is 2.21. The zero-order valence-electron chi connectivity index (χ0n) is 11.8. The van der Waals surface area contributed by atoms with E-state index in [9.17, 15) is 0 Å². The van der Waals surface area contributed by atoms with Crippen molar-refractivity contribution in [1.29, 1.82) is 0 Å². The maximum atomic E-state index is 4.33. The average molecular weight is 255 g/mol. The minimum Gasteiger partial charge on any atom is -0.308 e. The summed E-state index contributed by atoms with van der Waals surface area (Å²) in [6.07, 6.45) is 5.24. The summed E-state index contributed by atoms with van der Waals surface area (Å²) in [5, 5.41) is 3.54. The quantitative estimate of drug-likeness (QED) is 0.892. The largest absolute Gasteiger partial charge is 0.308 e. The molecule has 3 heteroatoms. The van der Waals surface area contributed by atoms with E-state index >= 15 is 0 Å². The van der Waals surface area contributed by atoms with E-state index in [0.717, 1.165) is 12.2 Å². The highest BCUT2D eigenvalue weighted by Crippen LogP contribution is 2.22. The molecule has 0 amide bonds. The molecule has 0 radical (unpaired) electrons. The van der Waals surface area contributed by atoms with E-state index in [1.165, 1.54) is 5.56 Å². The van der Waals surface area contributed by atoms with Crippen LogP contribution in [-0.2, 0) is 5.41 Å². The Morgan fingerprint density at radius 1 is 1.16 bits per heavy atom. The molecule has 1 heterocycles. The number of benzene rings is 1. The number of nitrogens with zero attached hydrogens (tertiary/aromatic N) is 2. The topological polar surface area (TPSA) is 37.8 Å². The molecule has 1 unspecified atom stereocenters. The van der Waals surface area contributed by atoms with E-state index in [1.807, 2.05) is 6.20 Å². The molecule has 0 saturated heterocycles. The zero-order chi connectivity index (χ0) is 13.7. The van der Waals surface area contributed by atoms with Gasteiger partial charge in [-0.3, -0.25) is 9.97 Å². The highest BCUT2D eigenvalue weighted by molar-refractivity contribution is 5.24. The molecule has 2 aromatic rings. The standard InChI is InChI=1S/C16H21N3/c1-13(15-11-17-9-10-18-15)19-12-16(2,3)14-7-5-4-6-8-14/h4-11,13,19H,12H2,1-3H3. The molecule has 0 aliphatic rings. The van der Waals surface area contributed by atoms with Crippen LogP contribution in [0.5, 0.6) is 0 Å². The molecular formula is C16H21N3. The number of rotatable bonds is 5. The lowest BCUT2D eigenvalue weighted by Crippen LogP contribution is -2.34. The van der Waals surface area contributed by atoms with Crippen LogP contribution in [0.4, 0.5) is 0 Å². The first-order chi connectivity index (χ1) is 9.09. The van der Waals surface area contributed by atoms with Gasteiger partial charge in [-0.1, -0.05) is 44.2 Å². The molecule has 0 bridgehead atoms. The highest BCUT2D eigenvalue weighted by atomic mass is 14.9. The van der Waals surface area contributed by atoms with Crippen molar-refractivity contribution in [2.45, 2.75) is 32.2 Å². The Morgan fingerprint density at radius 3 is 2.53 bits per heavy atom. The lowest BCUT2D eigenvalue weighted by molar-refractivity contribution is 0.431. The first-order valence-electron chi connectivity index (χ1n) is 6.64. The number of nitrogens with one attached hydrogen (secondary N) is 1. The van der Waals surface area contributed by atoms with Crippen LogP contribution in [0.1, 0.15) is 38.1 Å². The van der Waals surface area contributed by atoms with Gasteiger partial charge >= 0.3 is 0 Å². The van der Waals surface area contributed by atoms with Crippen LogP contribution in [0.15, 0.2) is 48.9 Å². The van der Waals surface area contributed by atoms with Gasteiger partial charge in [0.15, 0.2) is 0 Å². The minimum atomic E-state index is 0.0950. The number of hydrogen-bond donors (Lipinski definition) is 1. The van der Waals surface area contributed by atoms with Gasteiger partial charge in [0.05, 0.1) is 5.69 Å². The first kappa shape index (κ1) is 13.7. The third kappa shape index (κ3) is 3.61. The van der Waals surface area contributed by atoms with Gasteiger partial charge in [0.2, 0.25) is 0 Å². The zero-order valence-corrected chi connectivity index (χ0v) is 11.8. The van der Waals surface area contributed by atoms with Gasteiger partial charge < -0.3 is 5.32 Å². The average Bonchev–Trinajstić information content (AvgIpc) is 2.47. The Balaban J connectivity index is 1.99. The van der Waals surface area contributed by atoms with Crippen molar-refractivity contribution < 1.29 is 0 Å². The molecule has 2 rings (SSSR count). The minimum absolute atomic E-state index is 0.0950. The first-order valence-corrected chi connectivity index (χ1v) is 6.64. The fraction of sp³-hybridized carbons (Fsp3) is 0.375. The Labute approximate surface area is 115 Å². The third-order valence-electron chi connectivity index (χ3n) is 3.43. The van der Waals surface area contributed by atoms with Crippen LogP contribution >= 0.6 is 0 Å². The number of hydrogen-bond acceptors (Lipinski definition) is 3. The van der Waals surface area contributed by atoms with Gasteiger partial charge in [-0.2, -0.15) is 0 Å². The summed E-state index contributed by atoms with van der Waals surface area (Å²) in [6, 6.07) is 10.8. The van der Waals surface area contributed by atoms with Gasteiger partial charge in [-0.05, 0) is 12.5 Å². The van der Waals surface area contributed by atoms with Crippen LogP contribution in [0.3, 0.4) is 0 Å². The molecule has 0 aliphatic heterocycles. The van der Waals surface area contributed by atoms with Crippen molar-refractivity contribution in [1.82, 2.24) is 15.3 Å². The second kappa shape index (κ2) is 5.93. The summed E-state index contributed by atoms with van der Waals surface area (Å²) < 4.78 is 0. The summed E-state index contributed by atoms with van der Waals surface area (Å²) in [5.74, 6) is 0. The molecule has 0 saturated carbocycles. The van der Waals surface area contributed by atoms with Gasteiger partial charge in [-0.25, -0.2) is 0 Å². The summed E-state index contributed by atoms with van der Waals surface area (Å²) in [6.45, 7) is 7.51. The molecule has 3 nitrogen and oxygen atoms in total. The van der Waals surface area contributed by atoms with Crippen molar-refractivity contribution in [2.24, 2.45) is 0 Å². The van der Waals surface area contributed by atoms with Crippen LogP contribution in [0, 0.1) is 0 Å². The molecule has 0 fully saturated rings. The smallest absolute Gasteiger partial charge is 0.0753 e. The van der Waals surface area contributed by atoms with Gasteiger partial charge in [0, 0.05) is 36.6 Å². The number of aromatic nitrogens is 2. The van der Waals surface area contributed by atoms with Gasteiger partial charge in [0.25, 0.3) is 0 Å². The Bertz CT molecular complexity index is 494. The van der Waals surface area contributed by atoms with E-state index in [2.05, 4.69) is 66.4 Å². The fourth-order valence-electron chi connectivity index (χ4n) is 2.04. The van der Waals surface area contributed by atoms with Crippen molar-refractivity contribution >= 4 is 0 Å². The maximum Gasteiger partial charge on any atom is 0.0753 e. The van der Waals surface area contributed by atoms with Gasteiger partial charge in [0.1, 0.15) is 0 Å². The predicted octanol–water partition coefficient (Wildman–Crippen LogP) is 3.11. The SMILES string of the molecule is CC(NCC(C)(C)c1ccccc1)c1cnccn1. The van der Waals surface area contributed by atoms with Crippen LogP contribution in [0.25, 0.3) is 0 Å². The van der Waals surface area contributed by atoms with Crippen molar-refractivity contribution in [3.8, 4) is 0 Å². The van der Waals surface area contributed by atoms with Crippen LogP contribution in [0.2, 0.25) is 0 Å². The summed E-state index contributed by atoms with van der Waals surface area (Å²) in [7, 11) is 0. The Kier molecular flexibility index (Phi) is 4.27. The van der Waals surface area contributed by atoms with E-state index in [-0.39, 0.29) is 11.5 Å². The van der Waals surface area contributed by atoms with Crippen LogP contribution in [-0.4, -0.2) is 16.5 Å². The van der Waals surface area contributed by atoms with Crippen LogP contribution < -0.4 is 5.32 Å². The Hall–Kier alpha value is -1.74. The van der Waals surface area contributed by atoms with Crippen molar-refractivity contribution in [2.75, 3.05) is 6.54 Å². The van der Waals surface area contributed by atoms with E-state index < -0.39 is 0 Å². The van der Waals surface area contributed by atoms with E-state index in [1.54, 1.807) is 12.4 Å².